The highest BCUT2D eigenvalue weighted by Gasteiger charge is 2.05. The molecule has 0 unspecified atom stereocenters. The van der Waals surface area contributed by atoms with Gasteiger partial charge < -0.3 is 16.0 Å². The number of aliphatic imine (C=N–C) groups is 1. The summed E-state index contributed by atoms with van der Waals surface area (Å²) in [7, 11) is 1.68. The summed E-state index contributed by atoms with van der Waals surface area (Å²) in [5.74, 6) is 0.488. The predicted octanol–water partition coefficient (Wildman–Crippen LogP) is 2.67. The number of halogens is 1. The highest BCUT2D eigenvalue weighted by Crippen LogP contribution is 2.13. The van der Waals surface area contributed by atoms with Crippen LogP contribution in [0.15, 0.2) is 41.5 Å². The van der Waals surface area contributed by atoms with Crippen LogP contribution in [0.4, 0.5) is 5.69 Å². The predicted molar refractivity (Wildman–Crippen MR) is 115 cm³/mol. The molecule has 0 aliphatic carbocycles. The maximum absolute atomic E-state index is 11.9. The lowest BCUT2D eigenvalue weighted by molar-refractivity contribution is -0.115. The minimum absolute atomic E-state index is 0. The molecule has 1 amide bonds. The van der Waals surface area contributed by atoms with E-state index < -0.39 is 0 Å². The van der Waals surface area contributed by atoms with Crippen molar-refractivity contribution in [1.29, 1.82) is 0 Å². The number of guanidine groups is 1. The van der Waals surface area contributed by atoms with Crippen LogP contribution < -0.4 is 16.0 Å². The maximum Gasteiger partial charge on any atom is 0.243 e. The van der Waals surface area contributed by atoms with Gasteiger partial charge in [-0.15, -0.1) is 35.3 Å². The summed E-state index contributed by atoms with van der Waals surface area (Å²) in [4.78, 5) is 21.7. The Labute approximate surface area is 169 Å². The van der Waals surface area contributed by atoms with Crippen LogP contribution in [-0.4, -0.2) is 37.0 Å². The van der Waals surface area contributed by atoms with Crippen molar-refractivity contribution in [2.24, 2.45) is 4.99 Å². The lowest BCUT2D eigenvalue weighted by atomic mass is 10.3. The molecule has 25 heavy (non-hydrogen) atoms. The molecule has 8 heteroatoms. The molecule has 0 spiro atoms. The quantitative estimate of drug-likeness (QED) is 0.328. The van der Waals surface area contributed by atoms with Gasteiger partial charge >= 0.3 is 0 Å². The minimum Gasteiger partial charge on any atom is -0.356 e. The number of hydrogen-bond donors (Lipinski definition) is 3. The van der Waals surface area contributed by atoms with Crippen LogP contribution in [0, 0.1) is 0 Å². The fourth-order valence-electron chi connectivity index (χ4n) is 2.03. The van der Waals surface area contributed by atoms with Gasteiger partial charge in [0.2, 0.25) is 5.91 Å². The first-order chi connectivity index (χ1) is 11.7. The van der Waals surface area contributed by atoms with Gasteiger partial charge in [-0.2, -0.15) is 0 Å². The zero-order valence-corrected chi connectivity index (χ0v) is 17.6. The van der Waals surface area contributed by atoms with E-state index in [0.29, 0.717) is 5.96 Å². The van der Waals surface area contributed by atoms with E-state index in [9.17, 15) is 4.79 Å². The van der Waals surface area contributed by atoms with Gasteiger partial charge in [-0.1, -0.05) is 25.1 Å². The largest absolute Gasteiger partial charge is 0.356 e. The van der Waals surface area contributed by atoms with Crippen LogP contribution in [0.1, 0.15) is 16.8 Å². The number of nitrogens with one attached hydrogen (secondary N) is 3. The second-order valence-corrected chi connectivity index (χ2v) is 6.29. The number of amides is 1. The van der Waals surface area contributed by atoms with Gasteiger partial charge in [-0.3, -0.25) is 9.79 Å². The topological polar surface area (TPSA) is 78.4 Å². The van der Waals surface area contributed by atoms with Crippen molar-refractivity contribution >= 4 is 52.9 Å². The Balaban J connectivity index is 0.00000312. The summed E-state index contributed by atoms with van der Waals surface area (Å²) in [5, 5.41) is 10.1. The lowest BCUT2D eigenvalue weighted by Gasteiger charge is -2.11. The molecule has 0 atom stereocenters. The number of rotatable bonds is 7. The SMILES string of the molecule is CCc1cnc(CCNC(=NC)NCC(=O)Nc2ccccc2)s1.I. The van der Waals surface area contributed by atoms with Crippen molar-refractivity contribution in [2.75, 3.05) is 25.5 Å². The van der Waals surface area contributed by atoms with Crippen molar-refractivity contribution in [3.8, 4) is 0 Å². The molecule has 1 aromatic heterocycles. The zero-order valence-electron chi connectivity index (χ0n) is 14.4. The summed E-state index contributed by atoms with van der Waals surface area (Å²) >= 11 is 1.74. The van der Waals surface area contributed by atoms with Gasteiger partial charge in [0, 0.05) is 36.8 Å². The van der Waals surface area contributed by atoms with E-state index >= 15 is 0 Å². The average molecular weight is 473 g/mol. The van der Waals surface area contributed by atoms with Gasteiger partial charge in [-0.05, 0) is 18.6 Å². The monoisotopic (exact) mass is 473 g/mol. The average Bonchev–Trinajstić information content (AvgIpc) is 3.07. The Hall–Kier alpha value is -1.68. The maximum atomic E-state index is 11.9. The number of para-hydroxylation sites is 1. The Morgan fingerprint density at radius 3 is 2.64 bits per heavy atom. The molecule has 3 N–H and O–H groups in total. The van der Waals surface area contributed by atoms with E-state index in [2.05, 4.69) is 32.9 Å². The number of aromatic nitrogens is 1. The summed E-state index contributed by atoms with van der Waals surface area (Å²) < 4.78 is 0. The smallest absolute Gasteiger partial charge is 0.243 e. The molecule has 0 saturated heterocycles. The van der Waals surface area contributed by atoms with Crippen molar-refractivity contribution in [2.45, 2.75) is 19.8 Å². The third-order valence-electron chi connectivity index (χ3n) is 3.28. The minimum atomic E-state index is -0.114. The van der Waals surface area contributed by atoms with Crippen LogP contribution >= 0.6 is 35.3 Å². The third-order valence-corrected chi connectivity index (χ3v) is 4.48. The number of thiazole rings is 1. The number of anilines is 1. The normalized spacial score (nSPS) is 10.7. The fraction of sp³-hybridized carbons (Fsp3) is 0.353. The second kappa shape index (κ2) is 11.8. The van der Waals surface area contributed by atoms with E-state index in [1.54, 1.807) is 18.4 Å². The lowest BCUT2D eigenvalue weighted by Crippen LogP contribution is -2.42. The highest BCUT2D eigenvalue weighted by atomic mass is 127. The van der Waals surface area contributed by atoms with E-state index in [1.807, 2.05) is 36.5 Å². The molecule has 2 aromatic rings. The van der Waals surface area contributed by atoms with E-state index in [-0.39, 0.29) is 36.4 Å². The van der Waals surface area contributed by atoms with Crippen LogP contribution in [0.2, 0.25) is 0 Å². The van der Waals surface area contributed by atoms with Crippen LogP contribution in [0.5, 0.6) is 0 Å². The summed E-state index contributed by atoms with van der Waals surface area (Å²) in [6.07, 6.45) is 3.79. The Kier molecular flexibility index (Phi) is 10.1. The Bertz CT molecular complexity index is 675. The van der Waals surface area contributed by atoms with Gasteiger partial charge in [-0.25, -0.2) is 4.98 Å². The van der Waals surface area contributed by atoms with Crippen LogP contribution in [-0.2, 0) is 17.6 Å². The molecule has 0 aliphatic rings. The first kappa shape index (κ1) is 21.4. The van der Waals surface area contributed by atoms with Crippen molar-refractivity contribution in [3.05, 3.63) is 46.4 Å². The van der Waals surface area contributed by atoms with Crippen LogP contribution in [0.25, 0.3) is 0 Å². The van der Waals surface area contributed by atoms with Gasteiger partial charge in [0.1, 0.15) is 0 Å². The van der Waals surface area contributed by atoms with Gasteiger partial charge in [0.25, 0.3) is 0 Å². The van der Waals surface area contributed by atoms with E-state index in [0.717, 1.165) is 30.1 Å². The standard InChI is InChI=1S/C17H23N5OS.HI/c1-3-14-11-20-16(24-14)9-10-19-17(18-2)21-12-15(23)22-13-7-5-4-6-8-13;/h4-8,11H,3,9-10,12H2,1-2H3,(H,22,23)(H2,18,19,21);1H. The first-order valence-electron chi connectivity index (χ1n) is 7.94. The Morgan fingerprint density at radius 2 is 2.00 bits per heavy atom. The molecule has 0 bridgehead atoms. The number of carbonyl (C=O) groups excluding carboxylic acids is 1. The second-order valence-electron chi connectivity index (χ2n) is 5.09. The molecular weight excluding hydrogens is 449 g/mol. The summed E-state index contributed by atoms with van der Waals surface area (Å²) in [6.45, 7) is 3.00. The molecule has 0 saturated carbocycles. The zero-order chi connectivity index (χ0) is 17.2. The number of nitrogens with zero attached hydrogens (tertiary/aromatic N) is 2. The number of carbonyl (C=O) groups is 1. The van der Waals surface area contributed by atoms with Crippen molar-refractivity contribution in [1.82, 2.24) is 15.6 Å². The molecule has 6 nitrogen and oxygen atoms in total. The first-order valence-corrected chi connectivity index (χ1v) is 8.76. The highest BCUT2D eigenvalue weighted by molar-refractivity contribution is 14.0. The van der Waals surface area contributed by atoms with E-state index in [1.165, 1.54) is 4.88 Å². The summed E-state index contributed by atoms with van der Waals surface area (Å²) in [6, 6.07) is 9.37. The van der Waals surface area contributed by atoms with Crippen molar-refractivity contribution < 1.29 is 4.79 Å². The number of aryl methyl sites for hydroxylation is 1. The molecule has 0 aliphatic heterocycles. The number of hydrogen-bond acceptors (Lipinski definition) is 4. The molecule has 1 aromatic carbocycles. The van der Waals surface area contributed by atoms with E-state index in [4.69, 9.17) is 0 Å². The summed E-state index contributed by atoms with van der Waals surface area (Å²) in [5.41, 5.74) is 0.780. The molecule has 2 rings (SSSR count). The molecule has 0 fully saturated rings. The number of benzene rings is 1. The third kappa shape index (κ3) is 7.82. The fourth-order valence-corrected chi connectivity index (χ4v) is 2.89. The van der Waals surface area contributed by atoms with Crippen LogP contribution in [0.3, 0.4) is 0 Å². The van der Waals surface area contributed by atoms with Crippen molar-refractivity contribution in [3.63, 3.8) is 0 Å². The molecular formula is C17H24IN5OS. The Morgan fingerprint density at radius 1 is 1.24 bits per heavy atom. The molecule has 1 heterocycles. The molecule has 136 valence electrons. The van der Waals surface area contributed by atoms with Gasteiger partial charge in [0.05, 0.1) is 11.6 Å². The molecule has 0 radical (unpaired) electrons. The van der Waals surface area contributed by atoms with Gasteiger partial charge in [0.15, 0.2) is 5.96 Å².